The van der Waals surface area contributed by atoms with Gasteiger partial charge >= 0.3 is 0 Å². The molecule has 0 amide bonds. The maximum atomic E-state index is 9.22. The first-order chi connectivity index (χ1) is 5.64. The van der Waals surface area contributed by atoms with Crippen molar-refractivity contribution in [2.45, 2.75) is 45.2 Å². The summed E-state index contributed by atoms with van der Waals surface area (Å²) in [6, 6.07) is 0.261. The van der Waals surface area contributed by atoms with Gasteiger partial charge in [0.05, 0.1) is 6.61 Å². The van der Waals surface area contributed by atoms with Crippen molar-refractivity contribution in [1.29, 1.82) is 0 Å². The van der Waals surface area contributed by atoms with Crippen molar-refractivity contribution >= 4 is 0 Å². The second-order valence-electron chi connectivity index (χ2n) is 3.31. The third-order valence-corrected chi connectivity index (χ3v) is 2.54. The summed E-state index contributed by atoms with van der Waals surface area (Å²) in [7, 11) is 0. The fourth-order valence-electron chi connectivity index (χ4n) is 1.27. The van der Waals surface area contributed by atoms with E-state index in [0.29, 0.717) is 0 Å². The first-order valence-electron chi connectivity index (χ1n) is 4.65. The first-order valence-corrected chi connectivity index (χ1v) is 4.65. The predicted octanol–water partition coefficient (Wildman–Crippen LogP) is 1.70. The average molecular weight is 171 g/mol. The second kappa shape index (κ2) is 5.33. The summed E-state index contributed by atoms with van der Waals surface area (Å²) in [5.74, 6) is 0. The first kappa shape index (κ1) is 11.7. The molecule has 1 atom stereocenters. The molecule has 0 radical (unpaired) electrons. The Hall–Kier alpha value is -0.340. The zero-order valence-corrected chi connectivity index (χ0v) is 8.43. The molecular formula is C10H21NO. The van der Waals surface area contributed by atoms with Gasteiger partial charge in [-0.05, 0) is 19.8 Å². The Kier molecular flexibility index (Phi) is 5.18. The van der Waals surface area contributed by atoms with Crippen molar-refractivity contribution in [3.8, 4) is 0 Å². The van der Waals surface area contributed by atoms with Gasteiger partial charge in [-0.25, -0.2) is 0 Å². The zero-order valence-electron chi connectivity index (χ0n) is 8.43. The Morgan fingerprint density at radius 2 is 2.00 bits per heavy atom. The van der Waals surface area contributed by atoms with E-state index in [9.17, 15) is 5.11 Å². The van der Waals surface area contributed by atoms with E-state index in [1.807, 2.05) is 13.0 Å². The highest BCUT2D eigenvalue weighted by Crippen LogP contribution is 2.14. The van der Waals surface area contributed by atoms with Gasteiger partial charge in [-0.15, -0.1) is 6.58 Å². The monoisotopic (exact) mass is 171 g/mol. The lowest BCUT2D eigenvalue weighted by Crippen LogP contribution is -2.50. The van der Waals surface area contributed by atoms with Crippen LogP contribution in [0.3, 0.4) is 0 Å². The predicted molar refractivity (Wildman–Crippen MR) is 53.2 cm³/mol. The fourth-order valence-corrected chi connectivity index (χ4v) is 1.27. The Bertz CT molecular complexity index is 122. The molecule has 0 rings (SSSR count). The van der Waals surface area contributed by atoms with Crippen LogP contribution in [0.15, 0.2) is 12.7 Å². The van der Waals surface area contributed by atoms with Crippen molar-refractivity contribution in [1.82, 2.24) is 5.32 Å². The molecule has 0 spiro atoms. The highest BCUT2D eigenvalue weighted by atomic mass is 16.3. The van der Waals surface area contributed by atoms with Crippen molar-refractivity contribution in [2.24, 2.45) is 0 Å². The molecule has 0 aromatic rings. The Balaban J connectivity index is 4.18. The van der Waals surface area contributed by atoms with E-state index < -0.39 is 0 Å². The summed E-state index contributed by atoms with van der Waals surface area (Å²) >= 11 is 0. The molecule has 0 aliphatic carbocycles. The van der Waals surface area contributed by atoms with Gasteiger partial charge in [0.25, 0.3) is 0 Å². The fraction of sp³-hybridized carbons (Fsp3) is 0.800. The SMILES string of the molecule is C=CC(C)NC(CC)(CC)CO. The van der Waals surface area contributed by atoms with Gasteiger partial charge in [0.1, 0.15) is 0 Å². The number of rotatable bonds is 6. The molecule has 0 aromatic heterocycles. The standard InChI is InChI=1S/C10H21NO/c1-5-9(4)11-10(6-2,7-3)8-12/h5,9,11-12H,1,6-8H2,2-4H3. The maximum Gasteiger partial charge on any atom is 0.0613 e. The molecule has 2 N–H and O–H groups in total. The normalized spacial score (nSPS) is 14.3. The Morgan fingerprint density at radius 3 is 2.25 bits per heavy atom. The molecular weight excluding hydrogens is 150 g/mol. The van der Waals surface area contributed by atoms with E-state index >= 15 is 0 Å². The molecule has 2 heteroatoms. The summed E-state index contributed by atoms with van der Waals surface area (Å²) in [4.78, 5) is 0. The molecule has 0 fully saturated rings. The molecule has 2 nitrogen and oxygen atoms in total. The van der Waals surface area contributed by atoms with E-state index in [0.717, 1.165) is 12.8 Å². The molecule has 0 saturated carbocycles. The van der Waals surface area contributed by atoms with Crippen molar-refractivity contribution in [3.05, 3.63) is 12.7 Å². The van der Waals surface area contributed by atoms with Crippen molar-refractivity contribution in [2.75, 3.05) is 6.61 Å². The molecule has 0 saturated heterocycles. The molecule has 1 unspecified atom stereocenters. The molecule has 0 aromatic carbocycles. The Labute approximate surface area is 75.7 Å². The lowest BCUT2D eigenvalue weighted by molar-refractivity contribution is 0.146. The highest BCUT2D eigenvalue weighted by Gasteiger charge is 2.25. The Morgan fingerprint density at radius 1 is 1.50 bits per heavy atom. The molecule has 72 valence electrons. The van der Waals surface area contributed by atoms with Crippen LogP contribution in [0.5, 0.6) is 0 Å². The summed E-state index contributed by atoms with van der Waals surface area (Å²) in [5, 5.41) is 12.6. The minimum absolute atomic E-state index is 0.117. The highest BCUT2D eigenvalue weighted by molar-refractivity contribution is 4.92. The van der Waals surface area contributed by atoms with Crippen LogP contribution in [0.25, 0.3) is 0 Å². The van der Waals surface area contributed by atoms with Crippen molar-refractivity contribution in [3.63, 3.8) is 0 Å². The lowest BCUT2D eigenvalue weighted by atomic mass is 9.93. The van der Waals surface area contributed by atoms with Crippen LogP contribution in [0, 0.1) is 0 Å². The lowest BCUT2D eigenvalue weighted by Gasteiger charge is -2.33. The number of aliphatic hydroxyl groups excluding tert-OH is 1. The van der Waals surface area contributed by atoms with E-state index in [1.165, 1.54) is 0 Å². The van der Waals surface area contributed by atoms with Gasteiger partial charge in [0, 0.05) is 11.6 Å². The summed E-state index contributed by atoms with van der Waals surface area (Å²) in [5.41, 5.74) is -0.117. The van der Waals surface area contributed by atoms with Crippen LogP contribution in [-0.4, -0.2) is 23.3 Å². The van der Waals surface area contributed by atoms with E-state index in [-0.39, 0.29) is 18.2 Å². The zero-order chi connectivity index (χ0) is 9.61. The minimum atomic E-state index is -0.117. The van der Waals surface area contributed by atoms with Gasteiger partial charge in [0.15, 0.2) is 0 Å². The van der Waals surface area contributed by atoms with Gasteiger partial charge in [-0.1, -0.05) is 19.9 Å². The quantitative estimate of drug-likeness (QED) is 0.596. The van der Waals surface area contributed by atoms with Crippen molar-refractivity contribution < 1.29 is 5.11 Å². The van der Waals surface area contributed by atoms with Crippen LogP contribution in [0.2, 0.25) is 0 Å². The summed E-state index contributed by atoms with van der Waals surface area (Å²) < 4.78 is 0. The molecule has 12 heavy (non-hydrogen) atoms. The number of aliphatic hydroxyl groups is 1. The minimum Gasteiger partial charge on any atom is -0.394 e. The summed E-state index contributed by atoms with van der Waals surface area (Å²) in [6.45, 7) is 10.1. The number of nitrogens with one attached hydrogen (secondary N) is 1. The smallest absolute Gasteiger partial charge is 0.0613 e. The molecule has 0 heterocycles. The van der Waals surface area contributed by atoms with E-state index in [1.54, 1.807) is 0 Å². The van der Waals surface area contributed by atoms with E-state index in [2.05, 4.69) is 25.7 Å². The van der Waals surface area contributed by atoms with Crippen LogP contribution in [-0.2, 0) is 0 Å². The van der Waals surface area contributed by atoms with E-state index in [4.69, 9.17) is 0 Å². The van der Waals surface area contributed by atoms with Gasteiger partial charge in [0.2, 0.25) is 0 Å². The molecule has 0 aliphatic heterocycles. The third kappa shape index (κ3) is 2.95. The molecule has 0 bridgehead atoms. The van der Waals surface area contributed by atoms with Crippen LogP contribution in [0.4, 0.5) is 0 Å². The largest absolute Gasteiger partial charge is 0.394 e. The summed E-state index contributed by atoms with van der Waals surface area (Å²) in [6.07, 6.45) is 3.74. The van der Waals surface area contributed by atoms with Gasteiger partial charge < -0.3 is 10.4 Å². The third-order valence-electron chi connectivity index (χ3n) is 2.54. The van der Waals surface area contributed by atoms with Gasteiger partial charge in [-0.2, -0.15) is 0 Å². The number of hydrogen-bond donors (Lipinski definition) is 2. The van der Waals surface area contributed by atoms with Crippen LogP contribution in [0.1, 0.15) is 33.6 Å². The van der Waals surface area contributed by atoms with Gasteiger partial charge in [-0.3, -0.25) is 0 Å². The maximum absolute atomic E-state index is 9.22. The number of hydrogen-bond acceptors (Lipinski definition) is 2. The van der Waals surface area contributed by atoms with Crippen LogP contribution >= 0.6 is 0 Å². The topological polar surface area (TPSA) is 32.3 Å². The average Bonchev–Trinajstić information content (AvgIpc) is 2.14. The molecule has 0 aliphatic rings. The van der Waals surface area contributed by atoms with Crippen LogP contribution < -0.4 is 5.32 Å². The second-order valence-corrected chi connectivity index (χ2v) is 3.31.